The number of carbonyl (C=O) groups is 2. The highest BCUT2D eigenvalue weighted by Gasteiger charge is 2.21. The molecule has 132 valence electrons. The summed E-state index contributed by atoms with van der Waals surface area (Å²) in [6, 6.07) is 5.23. The van der Waals surface area contributed by atoms with Crippen molar-refractivity contribution in [1.29, 1.82) is 0 Å². The molecule has 3 heterocycles. The van der Waals surface area contributed by atoms with E-state index < -0.39 is 0 Å². The van der Waals surface area contributed by atoms with E-state index in [0.29, 0.717) is 43.5 Å². The maximum Gasteiger partial charge on any atom is 0.246 e. The summed E-state index contributed by atoms with van der Waals surface area (Å²) in [5, 5.41) is 6.42. The van der Waals surface area contributed by atoms with Crippen LogP contribution in [0.4, 0.5) is 5.82 Å². The van der Waals surface area contributed by atoms with E-state index in [4.69, 9.17) is 8.94 Å². The summed E-state index contributed by atoms with van der Waals surface area (Å²) in [5.74, 6) is 1.50. The second-order valence-electron chi connectivity index (χ2n) is 5.82. The van der Waals surface area contributed by atoms with Gasteiger partial charge in [-0.2, -0.15) is 0 Å². The zero-order valence-corrected chi connectivity index (χ0v) is 14.0. The van der Waals surface area contributed by atoms with Crippen molar-refractivity contribution in [1.82, 2.24) is 15.0 Å². The smallest absolute Gasteiger partial charge is 0.246 e. The second-order valence-corrected chi connectivity index (χ2v) is 5.82. The van der Waals surface area contributed by atoms with E-state index in [-0.39, 0.29) is 18.4 Å². The van der Waals surface area contributed by atoms with Gasteiger partial charge in [-0.05, 0) is 25.1 Å². The zero-order chi connectivity index (χ0) is 17.6. The van der Waals surface area contributed by atoms with Gasteiger partial charge in [-0.15, -0.1) is 0 Å². The molecule has 3 rings (SSSR count). The van der Waals surface area contributed by atoms with E-state index in [1.54, 1.807) is 42.4 Å². The minimum absolute atomic E-state index is 0.0569. The topological polar surface area (TPSA) is 91.8 Å². The van der Waals surface area contributed by atoms with Crippen molar-refractivity contribution in [3.63, 3.8) is 0 Å². The van der Waals surface area contributed by atoms with E-state index in [9.17, 15) is 9.59 Å². The third-order valence-electron chi connectivity index (χ3n) is 3.88. The van der Waals surface area contributed by atoms with Gasteiger partial charge in [0.05, 0.1) is 12.8 Å². The molecule has 0 atom stereocenters. The molecule has 0 spiro atoms. The lowest BCUT2D eigenvalue weighted by molar-refractivity contribution is -0.127. The molecule has 2 amide bonds. The van der Waals surface area contributed by atoms with Crippen LogP contribution in [0.2, 0.25) is 0 Å². The number of anilines is 1. The Kier molecular flexibility index (Phi) is 5.30. The number of hydrogen-bond acceptors (Lipinski definition) is 6. The van der Waals surface area contributed by atoms with Crippen LogP contribution in [0.5, 0.6) is 0 Å². The number of nitrogens with zero attached hydrogens (tertiary/aromatic N) is 3. The van der Waals surface area contributed by atoms with E-state index in [1.165, 1.54) is 6.08 Å². The Morgan fingerprint density at radius 3 is 2.76 bits per heavy atom. The summed E-state index contributed by atoms with van der Waals surface area (Å²) in [4.78, 5) is 27.9. The first-order chi connectivity index (χ1) is 12.1. The molecule has 0 radical (unpaired) electrons. The SMILES string of the molecule is Cc1cc(NC(=O)CN2CCN(C(=O)/C=C/c3ccco3)CC2)no1. The van der Waals surface area contributed by atoms with Crippen LogP contribution in [-0.4, -0.2) is 59.5 Å². The van der Waals surface area contributed by atoms with Crippen LogP contribution in [0, 0.1) is 6.92 Å². The van der Waals surface area contributed by atoms with Gasteiger partial charge in [-0.1, -0.05) is 5.16 Å². The molecule has 2 aromatic rings. The monoisotopic (exact) mass is 344 g/mol. The maximum atomic E-state index is 12.1. The van der Waals surface area contributed by atoms with Gasteiger partial charge in [0.2, 0.25) is 11.8 Å². The minimum Gasteiger partial charge on any atom is -0.465 e. The largest absolute Gasteiger partial charge is 0.465 e. The second kappa shape index (κ2) is 7.80. The van der Waals surface area contributed by atoms with Crippen LogP contribution in [-0.2, 0) is 9.59 Å². The zero-order valence-electron chi connectivity index (χ0n) is 14.0. The Labute approximate surface area is 145 Å². The van der Waals surface area contributed by atoms with Crippen molar-refractivity contribution in [2.24, 2.45) is 0 Å². The Hall–Kier alpha value is -2.87. The van der Waals surface area contributed by atoms with Gasteiger partial charge in [0, 0.05) is 38.3 Å². The van der Waals surface area contributed by atoms with E-state index in [2.05, 4.69) is 10.5 Å². The summed E-state index contributed by atoms with van der Waals surface area (Å²) in [7, 11) is 0. The Morgan fingerprint density at radius 2 is 2.12 bits per heavy atom. The highest BCUT2D eigenvalue weighted by atomic mass is 16.5. The molecule has 1 saturated heterocycles. The molecule has 1 aliphatic rings. The van der Waals surface area contributed by atoms with Gasteiger partial charge in [-0.3, -0.25) is 14.5 Å². The quantitative estimate of drug-likeness (QED) is 0.824. The number of rotatable bonds is 5. The summed E-state index contributed by atoms with van der Waals surface area (Å²) >= 11 is 0. The van der Waals surface area contributed by atoms with Crippen LogP contribution in [0.15, 0.2) is 39.5 Å². The van der Waals surface area contributed by atoms with Crippen LogP contribution < -0.4 is 5.32 Å². The predicted molar refractivity (Wildman–Crippen MR) is 90.6 cm³/mol. The number of aromatic nitrogens is 1. The molecule has 0 saturated carbocycles. The van der Waals surface area contributed by atoms with Crippen LogP contribution in [0.1, 0.15) is 11.5 Å². The lowest BCUT2D eigenvalue weighted by Gasteiger charge is -2.33. The van der Waals surface area contributed by atoms with Crippen molar-refractivity contribution >= 4 is 23.7 Å². The molecule has 0 aliphatic carbocycles. The number of aryl methyl sites for hydroxylation is 1. The number of amides is 2. The Morgan fingerprint density at radius 1 is 1.32 bits per heavy atom. The molecule has 1 fully saturated rings. The number of carbonyl (C=O) groups excluding carboxylic acids is 2. The fraction of sp³-hybridized carbons (Fsp3) is 0.353. The van der Waals surface area contributed by atoms with E-state index >= 15 is 0 Å². The molecule has 2 aromatic heterocycles. The fourth-order valence-corrected chi connectivity index (χ4v) is 2.58. The fourth-order valence-electron chi connectivity index (χ4n) is 2.58. The summed E-state index contributed by atoms with van der Waals surface area (Å²) in [5.41, 5.74) is 0. The molecule has 8 nitrogen and oxygen atoms in total. The first kappa shape index (κ1) is 17.0. The van der Waals surface area contributed by atoms with Gasteiger partial charge in [0.25, 0.3) is 0 Å². The van der Waals surface area contributed by atoms with Gasteiger partial charge in [0.15, 0.2) is 5.82 Å². The first-order valence-corrected chi connectivity index (χ1v) is 8.06. The van der Waals surface area contributed by atoms with Crippen molar-refractivity contribution < 1.29 is 18.5 Å². The van der Waals surface area contributed by atoms with Gasteiger partial charge < -0.3 is 19.2 Å². The summed E-state index contributed by atoms with van der Waals surface area (Å²) < 4.78 is 10.1. The normalized spacial score (nSPS) is 15.6. The Bertz CT molecular complexity index is 743. The molecule has 1 N–H and O–H groups in total. The highest BCUT2D eigenvalue weighted by Crippen LogP contribution is 2.08. The Balaban J connectivity index is 1.42. The average Bonchev–Trinajstić information content (AvgIpc) is 3.25. The first-order valence-electron chi connectivity index (χ1n) is 8.06. The third kappa shape index (κ3) is 4.80. The number of piperazine rings is 1. The molecule has 25 heavy (non-hydrogen) atoms. The standard InChI is InChI=1S/C17H20N4O4/c1-13-11-15(19-25-13)18-16(22)12-20-6-8-21(9-7-20)17(23)5-4-14-3-2-10-24-14/h2-5,10-11H,6-9,12H2,1H3,(H,18,19,22)/b5-4+. The van der Waals surface area contributed by atoms with Crippen molar-refractivity contribution in [2.45, 2.75) is 6.92 Å². The molecule has 0 unspecified atom stereocenters. The van der Waals surface area contributed by atoms with Crippen molar-refractivity contribution in [3.05, 3.63) is 42.1 Å². The summed E-state index contributed by atoms with van der Waals surface area (Å²) in [6.45, 7) is 4.47. The molecule has 1 aliphatic heterocycles. The minimum atomic E-state index is -0.147. The molecule has 0 aromatic carbocycles. The lowest BCUT2D eigenvalue weighted by Crippen LogP contribution is -2.50. The molecular formula is C17H20N4O4. The van der Waals surface area contributed by atoms with Crippen molar-refractivity contribution in [2.75, 3.05) is 38.0 Å². The van der Waals surface area contributed by atoms with Crippen molar-refractivity contribution in [3.8, 4) is 0 Å². The molecular weight excluding hydrogens is 324 g/mol. The van der Waals surface area contributed by atoms with Gasteiger partial charge in [-0.25, -0.2) is 0 Å². The maximum absolute atomic E-state index is 12.1. The van der Waals surface area contributed by atoms with Gasteiger partial charge in [0.1, 0.15) is 11.5 Å². The average molecular weight is 344 g/mol. The highest BCUT2D eigenvalue weighted by molar-refractivity contribution is 5.92. The van der Waals surface area contributed by atoms with Gasteiger partial charge >= 0.3 is 0 Å². The number of nitrogens with one attached hydrogen (secondary N) is 1. The van der Waals surface area contributed by atoms with E-state index in [1.807, 2.05) is 4.90 Å². The lowest BCUT2D eigenvalue weighted by atomic mass is 10.3. The number of hydrogen-bond donors (Lipinski definition) is 1. The number of furan rings is 1. The molecule has 0 bridgehead atoms. The summed E-state index contributed by atoms with van der Waals surface area (Å²) in [6.07, 6.45) is 4.73. The molecule has 8 heteroatoms. The van der Waals surface area contributed by atoms with Crippen LogP contribution in [0.3, 0.4) is 0 Å². The van der Waals surface area contributed by atoms with Crippen LogP contribution in [0.25, 0.3) is 6.08 Å². The van der Waals surface area contributed by atoms with E-state index in [0.717, 1.165) is 0 Å². The van der Waals surface area contributed by atoms with Crippen LogP contribution >= 0.6 is 0 Å². The predicted octanol–water partition coefficient (Wildman–Crippen LogP) is 1.37. The third-order valence-corrected chi connectivity index (χ3v) is 3.88.